The number of nitrogens with zero attached hydrogens (tertiary/aromatic N) is 3. The Hall–Kier alpha value is -3.51. The van der Waals surface area contributed by atoms with Crippen LogP contribution in [0.5, 0.6) is 0 Å². The third kappa shape index (κ3) is 3.49. The van der Waals surface area contributed by atoms with Gasteiger partial charge >= 0.3 is 0 Å². The van der Waals surface area contributed by atoms with Gasteiger partial charge in [-0.1, -0.05) is 45.4 Å². The Kier molecular flexibility index (Phi) is 4.79. The fraction of sp³-hybridized carbons (Fsp3) is 0.0800. The van der Waals surface area contributed by atoms with Crippen molar-refractivity contribution in [3.8, 4) is 28.5 Å². The van der Waals surface area contributed by atoms with Crippen molar-refractivity contribution in [1.29, 1.82) is 0 Å². The van der Waals surface area contributed by atoms with Gasteiger partial charge in [0.1, 0.15) is 0 Å². The molecule has 0 aliphatic rings. The third-order valence-electron chi connectivity index (χ3n) is 5.45. The summed E-state index contributed by atoms with van der Waals surface area (Å²) in [5, 5.41) is 5.54. The first-order valence-electron chi connectivity index (χ1n) is 9.83. The molecule has 5 nitrogen and oxygen atoms in total. The smallest absolute Gasteiger partial charge is 0.262 e. The highest BCUT2D eigenvalue weighted by molar-refractivity contribution is 9.10. The first-order valence-corrected chi connectivity index (χ1v) is 10.6. The molecule has 0 atom stereocenters. The number of halogens is 1. The van der Waals surface area contributed by atoms with Crippen LogP contribution in [0.1, 0.15) is 11.1 Å². The number of fused-ring (bicyclic) bond motifs is 1. The Bertz CT molecular complexity index is 1480. The van der Waals surface area contributed by atoms with Crippen LogP contribution >= 0.6 is 15.9 Å². The minimum Gasteiger partial charge on any atom is -0.334 e. The lowest BCUT2D eigenvalue weighted by atomic mass is 10.1. The highest BCUT2D eigenvalue weighted by atomic mass is 79.9. The molecule has 2 aromatic heterocycles. The summed E-state index contributed by atoms with van der Waals surface area (Å²) in [5.41, 5.74) is 4.57. The zero-order valence-corrected chi connectivity index (χ0v) is 18.6. The molecular weight excluding hydrogens is 454 g/mol. The normalized spacial score (nSPS) is 11.2. The molecule has 0 bridgehead atoms. The fourth-order valence-electron chi connectivity index (χ4n) is 3.58. The van der Waals surface area contributed by atoms with Crippen molar-refractivity contribution in [3.05, 3.63) is 98.9 Å². The number of aromatic nitrogens is 3. The van der Waals surface area contributed by atoms with Gasteiger partial charge in [0.2, 0.25) is 5.82 Å². The quantitative estimate of drug-likeness (QED) is 0.319. The molecule has 0 N–H and O–H groups in total. The zero-order valence-electron chi connectivity index (χ0n) is 17.0. The van der Waals surface area contributed by atoms with Crippen LogP contribution < -0.4 is 5.56 Å². The molecule has 2 heterocycles. The monoisotopic (exact) mass is 471 g/mol. The van der Waals surface area contributed by atoms with E-state index in [-0.39, 0.29) is 5.56 Å². The van der Waals surface area contributed by atoms with E-state index in [9.17, 15) is 4.79 Å². The number of hydrogen-bond donors (Lipinski definition) is 0. The van der Waals surface area contributed by atoms with Gasteiger partial charge in [-0.2, -0.15) is 4.98 Å². The second kappa shape index (κ2) is 7.63. The molecule has 0 saturated carbocycles. The van der Waals surface area contributed by atoms with Gasteiger partial charge in [0.25, 0.3) is 11.4 Å². The van der Waals surface area contributed by atoms with Crippen LogP contribution in [0, 0.1) is 13.8 Å². The van der Waals surface area contributed by atoms with Crippen molar-refractivity contribution in [2.24, 2.45) is 0 Å². The van der Waals surface area contributed by atoms with Crippen molar-refractivity contribution < 1.29 is 4.52 Å². The Labute approximate surface area is 187 Å². The molecule has 0 spiro atoms. The van der Waals surface area contributed by atoms with Gasteiger partial charge in [-0.15, -0.1) is 0 Å². The van der Waals surface area contributed by atoms with E-state index < -0.39 is 0 Å². The number of hydrogen-bond acceptors (Lipinski definition) is 4. The highest BCUT2D eigenvalue weighted by Crippen LogP contribution is 2.29. The van der Waals surface area contributed by atoms with Crippen molar-refractivity contribution >= 4 is 26.7 Å². The fourth-order valence-corrected chi connectivity index (χ4v) is 3.84. The summed E-state index contributed by atoms with van der Waals surface area (Å²) >= 11 is 3.44. The topological polar surface area (TPSA) is 60.9 Å². The van der Waals surface area contributed by atoms with Crippen LogP contribution in [0.3, 0.4) is 0 Å². The molecule has 0 saturated heterocycles. The van der Waals surface area contributed by atoms with Gasteiger partial charge in [0.15, 0.2) is 0 Å². The van der Waals surface area contributed by atoms with Gasteiger partial charge in [0, 0.05) is 32.7 Å². The van der Waals surface area contributed by atoms with Gasteiger partial charge in [0.05, 0.1) is 5.56 Å². The van der Waals surface area contributed by atoms with Crippen LogP contribution in [0.2, 0.25) is 0 Å². The van der Waals surface area contributed by atoms with E-state index in [0.29, 0.717) is 22.7 Å². The van der Waals surface area contributed by atoms with Crippen molar-refractivity contribution in [2.75, 3.05) is 0 Å². The molecule has 0 radical (unpaired) electrons. The van der Waals surface area contributed by atoms with Crippen molar-refractivity contribution in [3.63, 3.8) is 0 Å². The Balaban J connectivity index is 1.72. The maximum Gasteiger partial charge on any atom is 0.262 e. The third-order valence-corrected chi connectivity index (χ3v) is 5.98. The van der Waals surface area contributed by atoms with Crippen molar-refractivity contribution in [2.45, 2.75) is 13.8 Å². The maximum atomic E-state index is 13.3. The molecule has 0 aliphatic carbocycles. The Morgan fingerprint density at radius 2 is 1.65 bits per heavy atom. The van der Waals surface area contributed by atoms with Crippen LogP contribution in [0.15, 0.2) is 86.7 Å². The van der Waals surface area contributed by atoms with Gasteiger partial charge in [-0.05, 0) is 67.4 Å². The van der Waals surface area contributed by atoms with E-state index in [1.54, 1.807) is 10.8 Å². The maximum absolute atomic E-state index is 13.3. The molecule has 0 fully saturated rings. The average molecular weight is 472 g/mol. The minimum absolute atomic E-state index is 0.0877. The number of pyridine rings is 1. The Morgan fingerprint density at radius 3 is 2.39 bits per heavy atom. The summed E-state index contributed by atoms with van der Waals surface area (Å²) < 4.78 is 8.25. The predicted octanol–water partition coefficient (Wildman–Crippen LogP) is 6.09. The van der Waals surface area contributed by atoms with Gasteiger partial charge < -0.3 is 4.52 Å². The second-order valence-corrected chi connectivity index (χ2v) is 8.38. The van der Waals surface area contributed by atoms with Crippen LogP contribution in [-0.2, 0) is 0 Å². The first kappa shape index (κ1) is 19.5. The average Bonchev–Trinajstić information content (AvgIpc) is 3.27. The lowest BCUT2D eigenvalue weighted by molar-refractivity contribution is 0.432. The largest absolute Gasteiger partial charge is 0.334 e. The highest BCUT2D eigenvalue weighted by Gasteiger charge is 2.17. The Morgan fingerprint density at radius 1 is 0.903 bits per heavy atom. The van der Waals surface area contributed by atoms with Crippen molar-refractivity contribution in [1.82, 2.24) is 14.7 Å². The van der Waals surface area contributed by atoms with E-state index in [0.717, 1.165) is 26.7 Å². The molecule has 5 aromatic rings. The summed E-state index contributed by atoms with van der Waals surface area (Å²) in [6, 6.07) is 21.2. The SMILES string of the molecule is Cc1ccc(-n2cc(-c3nc(-c4ccc(Br)cc4)no3)c3ccccc3c2=O)cc1C. The number of rotatable bonds is 3. The molecular formula is C25H18BrN3O2. The summed E-state index contributed by atoms with van der Waals surface area (Å²) in [7, 11) is 0. The zero-order chi connectivity index (χ0) is 21.5. The summed E-state index contributed by atoms with van der Waals surface area (Å²) in [6.45, 7) is 4.09. The summed E-state index contributed by atoms with van der Waals surface area (Å²) in [5.74, 6) is 0.863. The van der Waals surface area contributed by atoms with Crippen LogP contribution in [-0.4, -0.2) is 14.7 Å². The predicted molar refractivity (Wildman–Crippen MR) is 125 cm³/mol. The van der Waals surface area contributed by atoms with E-state index in [1.165, 1.54) is 5.56 Å². The lowest BCUT2D eigenvalue weighted by Gasteiger charge is -2.12. The lowest BCUT2D eigenvalue weighted by Crippen LogP contribution is -2.18. The second-order valence-electron chi connectivity index (χ2n) is 7.46. The molecule has 6 heteroatoms. The van der Waals surface area contributed by atoms with Crippen LogP contribution in [0.4, 0.5) is 0 Å². The van der Waals surface area contributed by atoms with E-state index in [4.69, 9.17) is 4.52 Å². The molecule has 0 unspecified atom stereocenters. The van der Waals surface area contributed by atoms with Gasteiger partial charge in [-0.3, -0.25) is 9.36 Å². The molecule has 152 valence electrons. The van der Waals surface area contributed by atoms with Crippen LogP contribution in [0.25, 0.3) is 39.3 Å². The summed E-state index contributed by atoms with van der Waals surface area (Å²) in [6.07, 6.45) is 1.79. The molecule has 0 aliphatic heterocycles. The standard InChI is InChI=1S/C25H18BrN3O2/c1-15-7-12-19(13-16(15)2)29-14-22(20-5-3-4-6-21(20)25(29)30)24-27-23(28-31-24)17-8-10-18(26)11-9-17/h3-14H,1-2H3. The minimum atomic E-state index is -0.0877. The molecule has 31 heavy (non-hydrogen) atoms. The molecule has 5 rings (SSSR count). The van der Waals surface area contributed by atoms with E-state index >= 15 is 0 Å². The molecule has 0 amide bonds. The molecule has 3 aromatic carbocycles. The first-order chi connectivity index (χ1) is 15.0. The van der Waals surface area contributed by atoms with E-state index in [1.807, 2.05) is 73.7 Å². The van der Waals surface area contributed by atoms with Gasteiger partial charge in [-0.25, -0.2) is 0 Å². The summed E-state index contributed by atoms with van der Waals surface area (Å²) in [4.78, 5) is 17.9. The number of aryl methyl sites for hydroxylation is 2. The van der Waals surface area contributed by atoms with E-state index in [2.05, 4.69) is 33.0 Å². The number of benzene rings is 3.